The highest BCUT2D eigenvalue weighted by atomic mass is 35.5. The molecule has 0 heterocycles. The molecule has 7 nitrogen and oxygen atoms in total. The van der Waals surface area contributed by atoms with Gasteiger partial charge < -0.3 is 9.84 Å². The summed E-state index contributed by atoms with van der Waals surface area (Å²) in [6, 6.07) is 3.60. The summed E-state index contributed by atoms with van der Waals surface area (Å²) >= 11 is 5.81. The number of esters is 1. The third-order valence-electron chi connectivity index (χ3n) is 2.36. The van der Waals surface area contributed by atoms with Gasteiger partial charge in [0.25, 0.3) is 0 Å². The van der Waals surface area contributed by atoms with Crippen molar-refractivity contribution in [3.8, 4) is 0 Å². The molecule has 21 heavy (non-hydrogen) atoms. The van der Waals surface area contributed by atoms with E-state index in [-0.39, 0.29) is 29.3 Å². The van der Waals surface area contributed by atoms with Crippen LogP contribution in [0.4, 0.5) is 5.69 Å². The number of anilines is 1. The maximum atomic E-state index is 11.8. The molecule has 0 aromatic heterocycles. The lowest BCUT2D eigenvalue weighted by Crippen LogP contribution is -2.20. The quantitative estimate of drug-likeness (QED) is 0.734. The van der Waals surface area contributed by atoms with Crippen molar-refractivity contribution in [2.24, 2.45) is 0 Å². The second-order valence-electron chi connectivity index (χ2n) is 3.98. The van der Waals surface area contributed by atoms with Crippen molar-refractivity contribution in [3.05, 3.63) is 28.8 Å². The van der Waals surface area contributed by atoms with Gasteiger partial charge in [0.2, 0.25) is 10.0 Å². The first kappa shape index (κ1) is 17.3. The number of carbonyl (C=O) groups is 2. The van der Waals surface area contributed by atoms with E-state index >= 15 is 0 Å². The number of carboxylic acids is 1. The summed E-state index contributed by atoms with van der Waals surface area (Å²) in [6.07, 6.45) is -0.284. The molecule has 0 aliphatic heterocycles. The third-order valence-corrected chi connectivity index (χ3v) is 3.95. The highest BCUT2D eigenvalue weighted by molar-refractivity contribution is 7.92. The van der Waals surface area contributed by atoms with Crippen molar-refractivity contribution < 1.29 is 27.9 Å². The average Bonchev–Trinajstić information content (AvgIpc) is 2.39. The summed E-state index contributed by atoms with van der Waals surface area (Å²) in [6.45, 7) is 1.79. The summed E-state index contributed by atoms with van der Waals surface area (Å²) in [5, 5.41) is 8.73. The van der Waals surface area contributed by atoms with Crippen molar-refractivity contribution in [3.63, 3.8) is 0 Å². The predicted molar refractivity (Wildman–Crippen MR) is 77.1 cm³/mol. The third kappa shape index (κ3) is 5.60. The number of rotatable bonds is 7. The molecule has 0 unspecified atom stereocenters. The van der Waals surface area contributed by atoms with Crippen molar-refractivity contribution in [1.82, 2.24) is 0 Å². The highest BCUT2D eigenvalue weighted by Crippen LogP contribution is 2.24. The standard InChI is InChI=1S/C12H14ClNO6S/c1-2-20-11(15)5-6-21(18,19)14-10-4-3-8(12(16)17)7-9(10)13/h3-4,7,14H,2,5-6H2,1H3,(H,16,17). The van der Waals surface area contributed by atoms with Gasteiger partial charge in [-0.3, -0.25) is 9.52 Å². The molecule has 1 aromatic carbocycles. The lowest BCUT2D eigenvalue weighted by atomic mass is 10.2. The molecule has 0 atom stereocenters. The maximum absolute atomic E-state index is 11.8. The Morgan fingerprint density at radius 2 is 2.05 bits per heavy atom. The minimum atomic E-state index is -3.79. The molecule has 0 radical (unpaired) electrons. The van der Waals surface area contributed by atoms with Crippen LogP contribution in [-0.4, -0.2) is 37.8 Å². The molecule has 0 aliphatic rings. The predicted octanol–water partition coefficient (Wildman–Crippen LogP) is 1.73. The molecule has 0 saturated heterocycles. The number of ether oxygens (including phenoxy) is 1. The molecule has 2 N–H and O–H groups in total. The van der Waals surface area contributed by atoms with E-state index < -0.39 is 27.7 Å². The topological polar surface area (TPSA) is 110 Å². The number of halogens is 1. The van der Waals surface area contributed by atoms with E-state index in [1.165, 1.54) is 12.1 Å². The van der Waals surface area contributed by atoms with Crippen LogP contribution in [-0.2, 0) is 19.6 Å². The second-order valence-corrected chi connectivity index (χ2v) is 6.22. The number of carbonyl (C=O) groups excluding carboxylic acids is 1. The van der Waals surface area contributed by atoms with Crippen molar-refractivity contribution in [1.29, 1.82) is 0 Å². The van der Waals surface area contributed by atoms with Crippen LogP contribution in [0.1, 0.15) is 23.7 Å². The van der Waals surface area contributed by atoms with Crippen LogP contribution >= 0.6 is 11.6 Å². The smallest absolute Gasteiger partial charge is 0.335 e. The Balaban J connectivity index is 2.75. The zero-order valence-electron chi connectivity index (χ0n) is 11.1. The number of aromatic carboxylic acids is 1. The lowest BCUT2D eigenvalue weighted by Gasteiger charge is -2.09. The van der Waals surface area contributed by atoms with Crippen LogP contribution in [0.2, 0.25) is 5.02 Å². The Morgan fingerprint density at radius 1 is 1.38 bits per heavy atom. The molecular formula is C12H14ClNO6S. The van der Waals surface area contributed by atoms with Crippen molar-refractivity contribution in [2.45, 2.75) is 13.3 Å². The largest absolute Gasteiger partial charge is 0.478 e. The monoisotopic (exact) mass is 335 g/mol. The van der Waals surface area contributed by atoms with Gasteiger partial charge in [0.05, 0.1) is 35.1 Å². The van der Waals surface area contributed by atoms with Crippen molar-refractivity contribution >= 4 is 39.3 Å². The molecule has 1 rings (SSSR count). The first-order valence-electron chi connectivity index (χ1n) is 5.94. The van der Waals surface area contributed by atoms with E-state index in [0.29, 0.717) is 0 Å². The minimum Gasteiger partial charge on any atom is -0.478 e. The lowest BCUT2D eigenvalue weighted by molar-refractivity contribution is -0.142. The minimum absolute atomic E-state index is 0.0467. The molecule has 0 bridgehead atoms. The van der Waals surface area contributed by atoms with E-state index in [1.54, 1.807) is 6.92 Å². The Kier molecular flexibility index (Phi) is 5.98. The van der Waals surface area contributed by atoms with Gasteiger partial charge in [0.15, 0.2) is 0 Å². The summed E-state index contributed by atoms with van der Waals surface area (Å²) in [5.74, 6) is -2.24. The number of hydrogen-bond donors (Lipinski definition) is 2. The first-order valence-corrected chi connectivity index (χ1v) is 7.97. The second kappa shape index (κ2) is 7.28. The van der Waals surface area contributed by atoms with E-state index in [1.807, 2.05) is 0 Å². The van der Waals surface area contributed by atoms with Crippen LogP contribution in [0, 0.1) is 0 Å². The molecule has 1 aromatic rings. The van der Waals surface area contributed by atoms with Gasteiger partial charge in [-0.2, -0.15) is 0 Å². The van der Waals surface area contributed by atoms with Gasteiger partial charge >= 0.3 is 11.9 Å². The van der Waals surface area contributed by atoms with Crippen LogP contribution in [0.5, 0.6) is 0 Å². The highest BCUT2D eigenvalue weighted by Gasteiger charge is 2.16. The Labute approximate surface area is 126 Å². The van der Waals surface area contributed by atoms with E-state index in [2.05, 4.69) is 9.46 Å². The van der Waals surface area contributed by atoms with Gasteiger partial charge in [-0.15, -0.1) is 0 Å². The van der Waals surface area contributed by atoms with Crippen molar-refractivity contribution in [2.75, 3.05) is 17.1 Å². The molecule has 0 fully saturated rings. The molecular weight excluding hydrogens is 322 g/mol. The molecule has 0 spiro atoms. The SMILES string of the molecule is CCOC(=O)CCS(=O)(=O)Nc1ccc(C(=O)O)cc1Cl. The number of carboxylic acid groups (broad SMARTS) is 1. The number of benzene rings is 1. The Morgan fingerprint density at radius 3 is 2.57 bits per heavy atom. The van der Waals surface area contributed by atoms with Gasteiger partial charge in [-0.1, -0.05) is 11.6 Å². The molecule has 0 saturated carbocycles. The fourth-order valence-electron chi connectivity index (χ4n) is 1.40. The molecule has 9 heteroatoms. The fourth-order valence-corrected chi connectivity index (χ4v) is 2.73. The number of hydrogen-bond acceptors (Lipinski definition) is 5. The van der Waals surface area contributed by atoms with E-state index in [0.717, 1.165) is 6.07 Å². The Bertz CT molecular complexity index is 643. The van der Waals surface area contributed by atoms with Crippen LogP contribution in [0.3, 0.4) is 0 Å². The van der Waals surface area contributed by atoms with Gasteiger partial charge in [-0.25, -0.2) is 13.2 Å². The summed E-state index contributed by atoms with van der Waals surface area (Å²) in [5.41, 5.74) is -0.0139. The summed E-state index contributed by atoms with van der Waals surface area (Å²) < 4.78 is 30.4. The zero-order chi connectivity index (χ0) is 16.0. The Hall–Kier alpha value is -1.80. The first-order chi connectivity index (χ1) is 9.75. The summed E-state index contributed by atoms with van der Waals surface area (Å²) in [4.78, 5) is 21.9. The maximum Gasteiger partial charge on any atom is 0.335 e. The number of sulfonamides is 1. The molecule has 0 amide bonds. The van der Waals surface area contributed by atoms with Gasteiger partial charge in [-0.05, 0) is 25.1 Å². The average molecular weight is 336 g/mol. The fraction of sp³-hybridized carbons (Fsp3) is 0.333. The number of nitrogens with one attached hydrogen (secondary N) is 1. The van der Waals surface area contributed by atoms with E-state index in [9.17, 15) is 18.0 Å². The van der Waals surface area contributed by atoms with Gasteiger partial charge in [0, 0.05) is 0 Å². The normalized spacial score (nSPS) is 11.0. The van der Waals surface area contributed by atoms with Crippen LogP contribution in [0.15, 0.2) is 18.2 Å². The zero-order valence-corrected chi connectivity index (χ0v) is 12.7. The summed E-state index contributed by atoms with van der Waals surface area (Å²) in [7, 11) is -3.79. The van der Waals surface area contributed by atoms with Crippen LogP contribution < -0.4 is 4.72 Å². The van der Waals surface area contributed by atoms with Crippen LogP contribution in [0.25, 0.3) is 0 Å². The van der Waals surface area contributed by atoms with Gasteiger partial charge in [0.1, 0.15) is 0 Å². The molecule has 116 valence electrons. The molecule has 0 aliphatic carbocycles. The van der Waals surface area contributed by atoms with E-state index in [4.69, 9.17) is 16.7 Å².